The van der Waals surface area contributed by atoms with Gasteiger partial charge in [0.15, 0.2) is 0 Å². The molecule has 2 amide bonds. The second-order valence-corrected chi connectivity index (χ2v) is 6.49. The van der Waals surface area contributed by atoms with Crippen LogP contribution >= 0.6 is 0 Å². The second-order valence-electron chi connectivity index (χ2n) is 6.49. The summed E-state index contributed by atoms with van der Waals surface area (Å²) in [5, 5.41) is 11.9. The number of piperidine rings is 1. The molecule has 1 fully saturated rings. The molecule has 0 bridgehead atoms. The van der Waals surface area contributed by atoms with Crippen molar-refractivity contribution in [2.45, 2.75) is 26.7 Å². The molecule has 0 aliphatic carbocycles. The van der Waals surface area contributed by atoms with E-state index in [0.29, 0.717) is 25.2 Å². The van der Waals surface area contributed by atoms with E-state index in [-0.39, 0.29) is 30.3 Å². The molecule has 2 atom stereocenters. The van der Waals surface area contributed by atoms with Gasteiger partial charge in [0.05, 0.1) is 5.92 Å². The molecule has 5 heteroatoms. The van der Waals surface area contributed by atoms with Crippen molar-refractivity contribution in [3.05, 3.63) is 35.4 Å². The van der Waals surface area contributed by atoms with E-state index < -0.39 is 0 Å². The van der Waals surface area contributed by atoms with Gasteiger partial charge < -0.3 is 15.3 Å². The van der Waals surface area contributed by atoms with Gasteiger partial charge in [-0.2, -0.15) is 0 Å². The highest BCUT2D eigenvalue weighted by Crippen LogP contribution is 2.19. The van der Waals surface area contributed by atoms with Crippen LogP contribution in [0.3, 0.4) is 0 Å². The molecule has 1 heterocycles. The molecule has 1 saturated heterocycles. The van der Waals surface area contributed by atoms with Crippen LogP contribution in [0.15, 0.2) is 24.3 Å². The first-order chi connectivity index (χ1) is 11.0. The molecule has 1 aliphatic rings. The van der Waals surface area contributed by atoms with Gasteiger partial charge in [-0.25, -0.2) is 0 Å². The number of hydrogen-bond donors (Lipinski definition) is 2. The number of aryl methyl sites for hydroxylation is 1. The maximum absolute atomic E-state index is 12.6. The summed E-state index contributed by atoms with van der Waals surface area (Å²) >= 11 is 0. The molecule has 0 unspecified atom stereocenters. The van der Waals surface area contributed by atoms with Gasteiger partial charge in [-0.05, 0) is 37.8 Å². The zero-order valence-corrected chi connectivity index (χ0v) is 13.9. The fourth-order valence-corrected chi connectivity index (χ4v) is 2.74. The molecule has 1 aromatic carbocycles. The molecule has 0 saturated carbocycles. The smallest absolute Gasteiger partial charge is 0.253 e. The van der Waals surface area contributed by atoms with Gasteiger partial charge in [-0.3, -0.25) is 9.59 Å². The first-order valence-corrected chi connectivity index (χ1v) is 8.25. The van der Waals surface area contributed by atoms with Crippen molar-refractivity contribution in [3.8, 4) is 0 Å². The van der Waals surface area contributed by atoms with E-state index in [9.17, 15) is 9.59 Å². The lowest BCUT2D eigenvalue weighted by atomic mass is 9.96. The monoisotopic (exact) mass is 318 g/mol. The van der Waals surface area contributed by atoms with Crippen LogP contribution in [0.1, 0.15) is 35.7 Å². The van der Waals surface area contributed by atoms with Crippen LogP contribution in [0, 0.1) is 18.8 Å². The van der Waals surface area contributed by atoms with E-state index in [0.717, 1.165) is 18.4 Å². The standard InChI is InChI=1S/C18H26N2O3/c1-13-5-7-15(8-6-13)18(23)20-9-3-4-16(11-20)17(22)19-10-14(2)12-21/h5-8,14,16,21H,3-4,9-12H2,1-2H3,(H,19,22)/t14-,16-/m0/s1. The lowest BCUT2D eigenvalue weighted by Gasteiger charge is -2.32. The number of likely N-dealkylation sites (tertiary alicyclic amines) is 1. The van der Waals surface area contributed by atoms with E-state index in [2.05, 4.69) is 5.32 Å². The molecule has 1 aliphatic heterocycles. The Labute approximate surface area is 137 Å². The van der Waals surface area contributed by atoms with Gasteiger partial charge in [0.1, 0.15) is 0 Å². The summed E-state index contributed by atoms with van der Waals surface area (Å²) in [6.07, 6.45) is 1.64. The SMILES string of the molecule is Cc1ccc(C(=O)N2CCC[C@H](C(=O)NC[C@H](C)CO)C2)cc1. The summed E-state index contributed by atoms with van der Waals surface area (Å²) in [7, 11) is 0. The number of aliphatic hydroxyl groups is 1. The van der Waals surface area contributed by atoms with Crippen LogP contribution < -0.4 is 5.32 Å². The van der Waals surface area contributed by atoms with Gasteiger partial charge in [-0.1, -0.05) is 24.6 Å². The highest BCUT2D eigenvalue weighted by molar-refractivity contribution is 5.94. The lowest BCUT2D eigenvalue weighted by molar-refractivity contribution is -0.126. The van der Waals surface area contributed by atoms with E-state index in [1.165, 1.54) is 0 Å². The van der Waals surface area contributed by atoms with Gasteiger partial charge >= 0.3 is 0 Å². The van der Waals surface area contributed by atoms with Crippen molar-refractivity contribution in [2.24, 2.45) is 11.8 Å². The Hall–Kier alpha value is -1.88. The molecule has 2 N–H and O–H groups in total. The maximum atomic E-state index is 12.6. The number of nitrogens with one attached hydrogen (secondary N) is 1. The van der Waals surface area contributed by atoms with Gasteiger partial charge in [0.2, 0.25) is 5.91 Å². The van der Waals surface area contributed by atoms with E-state index in [1.807, 2.05) is 38.1 Å². The molecule has 0 spiro atoms. The molecule has 0 radical (unpaired) electrons. The third-order valence-electron chi connectivity index (χ3n) is 4.31. The summed E-state index contributed by atoms with van der Waals surface area (Å²) in [5.41, 5.74) is 1.79. The van der Waals surface area contributed by atoms with E-state index in [4.69, 9.17) is 5.11 Å². The van der Waals surface area contributed by atoms with Gasteiger partial charge in [0, 0.05) is 31.8 Å². The molecule has 23 heavy (non-hydrogen) atoms. The van der Waals surface area contributed by atoms with Crippen molar-refractivity contribution >= 4 is 11.8 Å². The number of aliphatic hydroxyl groups excluding tert-OH is 1. The van der Waals surface area contributed by atoms with Crippen molar-refractivity contribution in [2.75, 3.05) is 26.2 Å². The Bertz CT molecular complexity index is 542. The molecule has 0 aromatic heterocycles. The Kier molecular flexibility index (Phi) is 6.16. The van der Waals surface area contributed by atoms with Crippen LogP contribution in [-0.4, -0.2) is 48.1 Å². The van der Waals surface area contributed by atoms with Crippen LogP contribution in [0.25, 0.3) is 0 Å². The molecule has 126 valence electrons. The maximum Gasteiger partial charge on any atom is 0.253 e. The Morgan fingerprint density at radius 3 is 2.70 bits per heavy atom. The van der Waals surface area contributed by atoms with Gasteiger partial charge in [-0.15, -0.1) is 0 Å². The highest BCUT2D eigenvalue weighted by atomic mass is 16.3. The topological polar surface area (TPSA) is 69.6 Å². The van der Waals surface area contributed by atoms with Crippen molar-refractivity contribution in [1.82, 2.24) is 10.2 Å². The van der Waals surface area contributed by atoms with Crippen LogP contribution in [0.5, 0.6) is 0 Å². The van der Waals surface area contributed by atoms with Crippen LogP contribution in [0.2, 0.25) is 0 Å². The second kappa shape index (κ2) is 8.11. The number of benzene rings is 1. The summed E-state index contributed by atoms with van der Waals surface area (Å²) < 4.78 is 0. The largest absolute Gasteiger partial charge is 0.396 e. The molecule has 5 nitrogen and oxygen atoms in total. The van der Waals surface area contributed by atoms with Gasteiger partial charge in [0.25, 0.3) is 5.91 Å². The first kappa shape index (κ1) is 17.5. The Balaban J connectivity index is 1.93. The minimum Gasteiger partial charge on any atom is -0.396 e. The zero-order chi connectivity index (χ0) is 16.8. The molecule has 1 aromatic rings. The average molecular weight is 318 g/mol. The predicted molar refractivity (Wildman–Crippen MR) is 89.1 cm³/mol. The minimum atomic E-state index is -0.163. The number of carbonyl (C=O) groups is 2. The molecule has 2 rings (SSSR count). The third kappa shape index (κ3) is 4.79. The van der Waals surface area contributed by atoms with Crippen LogP contribution in [0.4, 0.5) is 0 Å². The number of rotatable bonds is 5. The Morgan fingerprint density at radius 2 is 2.04 bits per heavy atom. The molecular formula is C18H26N2O3. The van der Waals surface area contributed by atoms with Crippen molar-refractivity contribution < 1.29 is 14.7 Å². The van der Waals surface area contributed by atoms with Crippen LogP contribution in [-0.2, 0) is 4.79 Å². The highest BCUT2D eigenvalue weighted by Gasteiger charge is 2.28. The fourth-order valence-electron chi connectivity index (χ4n) is 2.74. The van der Waals surface area contributed by atoms with E-state index >= 15 is 0 Å². The quantitative estimate of drug-likeness (QED) is 0.866. The zero-order valence-electron chi connectivity index (χ0n) is 13.9. The summed E-state index contributed by atoms with van der Waals surface area (Å²) in [5.74, 6) is -0.144. The number of nitrogens with zero attached hydrogens (tertiary/aromatic N) is 1. The van der Waals surface area contributed by atoms with Crippen molar-refractivity contribution in [3.63, 3.8) is 0 Å². The normalized spacial score (nSPS) is 19.3. The molecular weight excluding hydrogens is 292 g/mol. The minimum absolute atomic E-state index is 0.00812. The first-order valence-electron chi connectivity index (χ1n) is 8.25. The number of hydrogen-bond acceptors (Lipinski definition) is 3. The van der Waals surface area contributed by atoms with Crippen molar-refractivity contribution in [1.29, 1.82) is 0 Å². The average Bonchev–Trinajstić information content (AvgIpc) is 2.59. The summed E-state index contributed by atoms with van der Waals surface area (Å²) in [6, 6.07) is 7.53. The Morgan fingerprint density at radius 1 is 1.35 bits per heavy atom. The number of carbonyl (C=O) groups excluding carboxylic acids is 2. The summed E-state index contributed by atoms with van der Waals surface area (Å²) in [4.78, 5) is 26.6. The lowest BCUT2D eigenvalue weighted by Crippen LogP contribution is -2.46. The number of amides is 2. The van der Waals surface area contributed by atoms with E-state index in [1.54, 1.807) is 4.90 Å². The predicted octanol–water partition coefficient (Wildman–Crippen LogP) is 1.59. The fraction of sp³-hybridized carbons (Fsp3) is 0.556. The third-order valence-corrected chi connectivity index (χ3v) is 4.31. The summed E-state index contributed by atoms with van der Waals surface area (Å²) in [6.45, 7) is 5.56.